The van der Waals surface area contributed by atoms with Crippen LogP contribution in [0.25, 0.3) is 22.8 Å². The smallest absolute Gasteiger partial charge is 0.158 e. The second-order valence-electron chi connectivity index (χ2n) is 14.0. The molecular weight excluding hydrogens is 965 g/mol. The maximum atomic E-state index is 5.46. The number of ether oxygens (including phenoxy) is 2. The Hall–Kier alpha value is -5.36. The number of nitrogens with zero attached hydrogens (tertiary/aromatic N) is 4. The van der Waals surface area contributed by atoms with Gasteiger partial charge >= 0.3 is 0 Å². The number of benzene rings is 4. The van der Waals surface area contributed by atoms with Crippen molar-refractivity contribution in [1.29, 1.82) is 0 Å². The zero-order valence-electron chi connectivity index (χ0n) is 34.1. The Morgan fingerprint density at radius 2 is 0.852 bits per heavy atom. The van der Waals surface area contributed by atoms with Crippen molar-refractivity contribution in [3.05, 3.63) is 230 Å². The predicted molar refractivity (Wildman–Crippen MR) is 254 cm³/mol. The molecule has 0 amide bonds. The molecule has 4 aromatic heterocycles. The van der Waals surface area contributed by atoms with Gasteiger partial charge in [-0.25, -0.2) is 0 Å². The van der Waals surface area contributed by atoms with Gasteiger partial charge in [0.2, 0.25) is 0 Å². The molecule has 4 aromatic carbocycles. The van der Waals surface area contributed by atoms with Crippen LogP contribution in [0.2, 0.25) is 0 Å². The van der Waals surface area contributed by atoms with E-state index in [9.17, 15) is 0 Å². The Labute approximate surface area is 375 Å². The first-order valence-corrected chi connectivity index (χ1v) is 23.4. The first-order valence-electron chi connectivity index (χ1n) is 20.3. The van der Waals surface area contributed by atoms with E-state index in [1.54, 1.807) is 12.4 Å². The van der Waals surface area contributed by atoms with E-state index in [1.807, 2.05) is 60.9 Å². The van der Waals surface area contributed by atoms with Crippen LogP contribution in [0, 0.1) is 6.92 Å². The van der Waals surface area contributed by atoms with Gasteiger partial charge in [0, 0.05) is 51.0 Å². The first-order chi connectivity index (χ1) is 29.7. The van der Waals surface area contributed by atoms with Crippen LogP contribution in [0.15, 0.2) is 218 Å². The summed E-state index contributed by atoms with van der Waals surface area (Å²) in [7, 11) is -1.93. The molecule has 306 valence electrons. The third-order valence-corrected chi connectivity index (χ3v) is 14.9. The fraction of sp³-hybridized carbons (Fsp3) is 0.115. The van der Waals surface area contributed by atoms with Gasteiger partial charge in [0.1, 0.15) is 32.9 Å². The summed E-state index contributed by atoms with van der Waals surface area (Å²) in [6.07, 6.45) is 8.94. The van der Waals surface area contributed by atoms with Crippen molar-refractivity contribution in [3.63, 3.8) is 0 Å². The van der Waals surface area contributed by atoms with Crippen molar-refractivity contribution in [2.75, 3.05) is 13.2 Å². The number of aromatic nitrogens is 4. The summed E-state index contributed by atoms with van der Waals surface area (Å²) in [6.45, 7) is 3.47. The Morgan fingerprint density at radius 3 is 1.26 bits per heavy atom. The molecule has 0 bridgehead atoms. The first kappa shape index (κ1) is 45.2. The monoisotopic (exact) mass is 1020 g/mol. The number of aryl methyl sites for hydroxylation is 2. The summed E-state index contributed by atoms with van der Waals surface area (Å²) in [5, 5.41) is 5.71. The Balaban J connectivity index is 0.000000164. The van der Waals surface area contributed by atoms with Gasteiger partial charge in [-0.1, -0.05) is 84.9 Å². The molecular formula is C52H50N4O2OsP2+2. The van der Waals surface area contributed by atoms with Crippen LogP contribution in [-0.2, 0) is 35.7 Å². The molecule has 0 atom stereocenters. The van der Waals surface area contributed by atoms with Crippen LogP contribution in [0.4, 0.5) is 0 Å². The minimum atomic E-state index is -0.964. The topological polar surface area (TPSA) is 70.0 Å². The van der Waals surface area contributed by atoms with Crippen LogP contribution in [-0.4, -0.2) is 39.4 Å². The number of pyridine rings is 4. The number of rotatable bonds is 11. The molecule has 5 heterocycles. The summed E-state index contributed by atoms with van der Waals surface area (Å²) in [5.41, 5.74) is 6.09. The zero-order chi connectivity index (χ0) is 41.0. The standard InChI is InChI=1S/C26H22P2.C16H18N2O2.C10H8N2.Os/c1-5-13-23(14-6-1)27(24-15-7-2-8-16-24)21-22-28(25-17-9-3-10-18-25)26-19-11-4-12-20-26;1-12-4-6-17-14(10-12)15-11-13(5-7-18-15)2-3-16-19-8-9-20-16;1-3-7-11-9(5-1)10-6-2-4-8-12-10;/h1-22H;4-7,10-11,16H,2-3,8-9H2,1H3;1-8H;/p+2/b22-21-;;;. The van der Waals surface area contributed by atoms with E-state index in [0.29, 0.717) is 13.2 Å². The molecule has 0 radical (unpaired) electrons. The van der Waals surface area contributed by atoms with Gasteiger partial charge in [-0.3, -0.25) is 19.9 Å². The minimum absolute atomic E-state index is 0. The van der Waals surface area contributed by atoms with E-state index in [4.69, 9.17) is 9.47 Å². The quantitative estimate of drug-likeness (QED) is 0.120. The van der Waals surface area contributed by atoms with Gasteiger partial charge in [-0.05, 0) is 122 Å². The minimum Gasteiger partial charge on any atom is -0.350 e. The van der Waals surface area contributed by atoms with Crippen molar-refractivity contribution in [2.45, 2.75) is 26.1 Å². The van der Waals surface area contributed by atoms with E-state index >= 15 is 0 Å². The van der Waals surface area contributed by atoms with Crippen molar-refractivity contribution in [1.82, 2.24) is 19.9 Å². The molecule has 0 spiro atoms. The summed E-state index contributed by atoms with van der Waals surface area (Å²) in [6, 6.07) is 63.5. The predicted octanol–water partition coefficient (Wildman–Crippen LogP) is 10.1. The maximum Gasteiger partial charge on any atom is 0.158 e. The third-order valence-electron chi connectivity index (χ3n) is 9.71. The normalized spacial score (nSPS) is 12.2. The molecule has 0 saturated carbocycles. The molecule has 0 aliphatic carbocycles. The fourth-order valence-corrected chi connectivity index (χ4v) is 11.7. The van der Waals surface area contributed by atoms with E-state index in [2.05, 4.69) is 172 Å². The third kappa shape index (κ3) is 14.1. The molecule has 0 unspecified atom stereocenters. The summed E-state index contributed by atoms with van der Waals surface area (Å²) in [5.74, 6) is 5.01. The largest absolute Gasteiger partial charge is 0.350 e. The van der Waals surface area contributed by atoms with E-state index in [0.717, 1.165) is 35.6 Å². The molecule has 61 heavy (non-hydrogen) atoms. The summed E-state index contributed by atoms with van der Waals surface area (Å²) < 4.78 is 10.9. The molecule has 0 N–H and O–H groups in total. The average molecular weight is 1020 g/mol. The van der Waals surface area contributed by atoms with Crippen LogP contribution >= 0.6 is 15.8 Å². The van der Waals surface area contributed by atoms with E-state index in [-0.39, 0.29) is 26.1 Å². The average Bonchev–Trinajstić information content (AvgIpc) is 3.86. The number of hydrogen-bond donors (Lipinski definition) is 0. The molecule has 6 nitrogen and oxygen atoms in total. The zero-order valence-corrected chi connectivity index (χ0v) is 38.7. The fourth-order valence-electron chi connectivity index (χ4n) is 6.69. The molecule has 8 aromatic rings. The SMILES string of the molecule is C(=C/[PH+](c1ccccc1)c1ccccc1)/[PH+](c1ccccc1)c1ccccc1.Cc1ccnc(-c2cc(CCC3OCCO3)ccn2)c1.[Os].c1ccc(-c2ccccn2)nc1. The second kappa shape index (κ2) is 24.8. The molecule has 9 rings (SSSR count). The molecule has 1 fully saturated rings. The Kier molecular flexibility index (Phi) is 18.4. The van der Waals surface area contributed by atoms with Crippen molar-refractivity contribution < 1.29 is 29.3 Å². The van der Waals surface area contributed by atoms with Gasteiger partial charge < -0.3 is 9.47 Å². The van der Waals surface area contributed by atoms with Crippen LogP contribution in [0.1, 0.15) is 17.5 Å². The van der Waals surface area contributed by atoms with Gasteiger partial charge in [0.25, 0.3) is 0 Å². The van der Waals surface area contributed by atoms with E-state index < -0.39 is 15.8 Å². The summed E-state index contributed by atoms with van der Waals surface area (Å²) >= 11 is 0. The second-order valence-corrected chi connectivity index (χ2v) is 18.7. The van der Waals surface area contributed by atoms with Crippen molar-refractivity contribution in [3.8, 4) is 22.8 Å². The van der Waals surface area contributed by atoms with Gasteiger partial charge in [0.15, 0.2) is 6.29 Å². The van der Waals surface area contributed by atoms with Crippen LogP contribution in [0.3, 0.4) is 0 Å². The van der Waals surface area contributed by atoms with Crippen molar-refractivity contribution >= 4 is 37.1 Å². The molecule has 1 aliphatic rings. The van der Waals surface area contributed by atoms with Gasteiger partial charge in [-0.2, -0.15) is 0 Å². The van der Waals surface area contributed by atoms with E-state index in [1.165, 1.54) is 32.3 Å². The molecule has 1 saturated heterocycles. The van der Waals surface area contributed by atoms with Gasteiger partial charge in [0.05, 0.1) is 51.8 Å². The maximum absolute atomic E-state index is 5.46. The Bertz CT molecular complexity index is 2260. The van der Waals surface area contributed by atoms with Crippen LogP contribution < -0.4 is 21.2 Å². The number of hydrogen-bond acceptors (Lipinski definition) is 6. The Morgan fingerprint density at radius 1 is 0.459 bits per heavy atom. The summed E-state index contributed by atoms with van der Waals surface area (Å²) in [4.78, 5) is 17.2. The molecule has 9 heteroatoms. The van der Waals surface area contributed by atoms with Gasteiger partial charge in [-0.15, -0.1) is 0 Å². The van der Waals surface area contributed by atoms with Crippen LogP contribution in [0.5, 0.6) is 0 Å². The molecule has 1 aliphatic heterocycles. The van der Waals surface area contributed by atoms with Crippen molar-refractivity contribution in [2.24, 2.45) is 0 Å².